The Morgan fingerprint density at radius 3 is 3.00 bits per heavy atom. The van der Waals surface area contributed by atoms with Crippen LogP contribution in [0, 0.1) is 0 Å². The molecule has 1 aliphatic heterocycles. The molecule has 1 aliphatic rings. The van der Waals surface area contributed by atoms with Crippen LogP contribution in [0.4, 0.5) is 5.69 Å². The summed E-state index contributed by atoms with van der Waals surface area (Å²) in [5.41, 5.74) is 1.89. The summed E-state index contributed by atoms with van der Waals surface area (Å²) in [6, 6.07) is 5.74. The largest absolute Gasteiger partial charge is 0.492 e. The van der Waals surface area contributed by atoms with Crippen molar-refractivity contribution in [3.8, 4) is 5.75 Å². The van der Waals surface area contributed by atoms with Crippen molar-refractivity contribution in [2.75, 3.05) is 18.5 Å². The van der Waals surface area contributed by atoms with Gasteiger partial charge in [-0.25, -0.2) is 0 Å². The highest BCUT2D eigenvalue weighted by Gasteiger charge is 2.09. The number of hydrogen-bond donors (Lipinski definition) is 2. The Hall–Kier alpha value is -1.23. The lowest BCUT2D eigenvalue weighted by atomic mass is 10.1. The van der Waals surface area contributed by atoms with Gasteiger partial charge in [-0.1, -0.05) is 6.08 Å². The van der Waals surface area contributed by atoms with Crippen LogP contribution in [0.15, 0.2) is 30.9 Å². The molecule has 1 aromatic carbocycles. The molecule has 2 N–H and O–H groups in total. The second-order valence-electron chi connectivity index (χ2n) is 4.22. The zero-order valence-corrected chi connectivity index (χ0v) is 12.8. The van der Waals surface area contributed by atoms with Gasteiger partial charge in [0.1, 0.15) is 12.4 Å². The summed E-state index contributed by atoms with van der Waals surface area (Å²) in [6.07, 6.45) is 2.91. The molecule has 1 heterocycles. The predicted octanol–water partition coefficient (Wildman–Crippen LogP) is 2.92. The average Bonchev–Trinajstić information content (AvgIpc) is 2.61. The summed E-state index contributed by atoms with van der Waals surface area (Å²) >= 11 is 0. The van der Waals surface area contributed by atoms with Crippen LogP contribution < -0.4 is 15.4 Å². The maximum absolute atomic E-state index is 11.6. The maximum atomic E-state index is 11.6. The van der Waals surface area contributed by atoms with E-state index < -0.39 is 0 Å². The molecule has 0 saturated carbocycles. The van der Waals surface area contributed by atoms with E-state index in [0.29, 0.717) is 19.4 Å². The molecule has 4 nitrogen and oxygen atoms in total. The van der Waals surface area contributed by atoms with Crippen LogP contribution in [0.3, 0.4) is 0 Å². The Morgan fingerprint density at radius 1 is 1.45 bits per heavy atom. The fraction of sp³-hybridized carbons (Fsp3) is 0.357. The fourth-order valence-electron chi connectivity index (χ4n) is 1.85. The summed E-state index contributed by atoms with van der Waals surface area (Å²) in [7, 11) is 0. The van der Waals surface area contributed by atoms with E-state index in [0.717, 1.165) is 30.1 Å². The minimum atomic E-state index is 0. The number of anilines is 1. The third kappa shape index (κ3) is 5.41. The lowest BCUT2D eigenvalue weighted by molar-refractivity contribution is -0.116. The van der Waals surface area contributed by atoms with Crippen molar-refractivity contribution >= 4 is 36.4 Å². The zero-order chi connectivity index (χ0) is 12.8. The van der Waals surface area contributed by atoms with Gasteiger partial charge < -0.3 is 15.4 Å². The molecule has 0 unspecified atom stereocenters. The van der Waals surface area contributed by atoms with Gasteiger partial charge in [0.15, 0.2) is 0 Å². The number of fused-ring (bicyclic) bond motifs is 1. The van der Waals surface area contributed by atoms with Crippen molar-refractivity contribution < 1.29 is 9.53 Å². The van der Waals surface area contributed by atoms with Crippen LogP contribution in [0.2, 0.25) is 0 Å². The minimum absolute atomic E-state index is 0. The molecule has 0 fully saturated rings. The standard InChI is InChI=1S/C14H18N2O2.2ClH/c1-2-3-4-14(17)16-12-5-6-13-11(9-12)10-15-7-8-18-13;;/h2,5-6,9,15H,1,3-4,7-8,10H2,(H,16,17);2*1H. The van der Waals surface area contributed by atoms with Crippen molar-refractivity contribution in [2.24, 2.45) is 0 Å². The first-order chi connectivity index (χ1) is 8.79. The van der Waals surface area contributed by atoms with Crippen LogP contribution in [0.25, 0.3) is 0 Å². The van der Waals surface area contributed by atoms with Crippen molar-refractivity contribution in [3.63, 3.8) is 0 Å². The lowest BCUT2D eigenvalue weighted by Gasteiger charge is -2.10. The number of carbonyl (C=O) groups excluding carboxylic acids is 1. The highest BCUT2D eigenvalue weighted by Crippen LogP contribution is 2.24. The molecule has 6 heteroatoms. The molecule has 0 bridgehead atoms. The quantitative estimate of drug-likeness (QED) is 0.839. The summed E-state index contributed by atoms with van der Waals surface area (Å²) in [5, 5.41) is 6.14. The van der Waals surface area contributed by atoms with Crippen LogP contribution >= 0.6 is 24.8 Å². The molecule has 2 rings (SSSR count). The van der Waals surface area contributed by atoms with Gasteiger partial charge in [0.2, 0.25) is 5.91 Å². The monoisotopic (exact) mass is 318 g/mol. The Kier molecular flexibility index (Phi) is 9.05. The summed E-state index contributed by atoms with van der Waals surface area (Å²) in [5.74, 6) is 0.904. The van der Waals surface area contributed by atoms with E-state index in [1.165, 1.54) is 0 Å². The Labute approximate surface area is 131 Å². The van der Waals surface area contributed by atoms with Crippen molar-refractivity contribution in [3.05, 3.63) is 36.4 Å². The van der Waals surface area contributed by atoms with Crippen LogP contribution in [-0.2, 0) is 11.3 Å². The number of benzene rings is 1. The highest BCUT2D eigenvalue weighted by molar-refractivity contribution is 5.91. The first kappa shape index (κ1) is 18.8. The second kappa shape index (κ2) is 9.64. The first-order valence-corrected chi connectivity index (χ1v) is 6.17. The summed E-state index contributed by atoms with van der Waals surface area (Å²) in [4.78, 5) is 11.6. The molecule has 0 aliphatic carbocycles. The number of allylic oxidation sites excluding steroid dienone is 1. The number of halogens is 2. The number of carbonyl (C=O) groups is 1. The van der Waals surface area contributed by atoms with Gasteiger partial charge in [-0.2, -0.15) is 0 Å². The summed E-state index contributed by atoms with van der Waals surface area (Å²) < 4.78 is 5.58. The van der Waals surface area contributed by atoms with Crippen LogP contribution in [-0.4, -0.2) is 19.1 Å². The van der Waals surface area contributed by atoms with Gasteiger partial charge in [0.05, 0.1) is 0 Å². The van der Waals surface area contributed by atoms with Crippen LogP contribution in [0.1, 0.15) is 18.4 Å². The summed E-state index contributed by atoms with van der Waals surface area (Å²) in [6.45, 7) is 5.89. The minimum Gasteiger partial charge on any atom is -0.492 e. The van der Waals surface area contributed by atoms with Crippen molar-refractivity contribution in [2.45, 2.75) is 19.4 Å². The van der Waals surface area contributed by atoms with Gasteiger partial charge in [0, 0.05) is 30.8 Å². The number of nitrogens with one attached hydrogen (secondary N) is 2. The third-order valence-corrected chi connectivity index (χ3v) is 2.77. The Morgan fingerprint density at radius 2 is 2.25 bits per heavy atom. The van der Waals surface area contributed by atoms with E-state index in [1.807, 2.05) is 18.2 Å². The molecule has 20 heavy (non-hydrogen) atoms. The van der Waals surface area contributed by atoms with E-state index >= 15 is 0 Å². The molecule has 0 spiro atoms. The molecule has 1 amide bonds. The lowest BCUT2D eigenvalue weighted by Crippen LogP contribution is -2.16. The normalized spacial score (nSPS) is 12.6. The number of hydrogen-bond acceptors (Lipinski definition) is 3. The highest BCUT2D eigenvalue weighted by atomic mass is 35.5. The Balaban J connectivity index is 0.00000180. The molecule has 0 radical (unpaired) electrons. The smallest absolute Gasteiger partial charge is 0.224 e. The maximum Gasteiger partial charge on any atom is 0.224 e. The second-order valence-corrected chi connectivity index (χ2v) is 4.22. The molecule has 0 saturated heterocycles. The first-order valence-electron chi connectivity index (χ1n) is 6.17. The van der Waals surface area contributed by atoms with E-state index in [9.17, 15) is 4.79 Å². The van der Waals surface area contributed by atoms with Crippen LogP contribution in [0.5, 0.6) is 5.75 Å². The molecule has 1 aromatic rings. The fourth-order valence-corrected chi connectivity index (χ4v) is 1.85. The third-order valence-electron chi connectivity index (χ3n) is 2.77. The number of amides is 1. The van der Waals surface area contributed by atoms with E-state index in [2.05, 4.69) is 17.2 Å². The topological polar surface area (TPSA) is 50.4 Å². The Bertz CT molecular complexity index is 453. The molecule has 0 aromatic heterocycles. The number of ether oxygens (including phenoxy) is 1. The van der Waals surface area contributed by atoms with Crippen molar-refractivity contribution in [1.29, 1.82) is 0 Å². The van der Waals surface area contributed by atoms with E-state index in [4.69, 9.17) is 4.74 Å². The van der Waals surface area contributed by atoms with Crippen molar-refractivity contribution in [1.82, 2.24) is 5.32 Å². The van der Waals surface area contributed by atoms with Gasteiger partial charge in [-0.3, -0.25) is 4.79 Å². The van der Waals surface area contributed by atoms with E-state index in [1.54, 1.807) is 6.08 Å². The van der Waals surface area contributed by atoms with Gasteiger partial charge in [-0.15, -0.1) is 31.4 Å². The molecular formula is C14H20Cl2N2O2. The van der Waals surface area contributed by atoms with Gasteiger partial charge in [-0.05, 0) is 24.6 Å². The zero-order valence-electron chi connectivity index (χ0n) is 11.2. The number of rotatable bonds is 4. The van der Waals surface area contributed by atoms with E-state index in [-0.39, 0.29) is 30.7 Å². The van der Waals surface area contributed by atoms with Gasteiger partial charge in [0.25, 0.3) is 0 Å². The van der Waals surface area contributed by atoms with Gasteiger partial charge >= 0.3 is 0 Å². The molecule has 112 valence electrons. The molecular weight excluding hydrogens is 299 g/mol. The average molecular weight is 319 g/mol. The SMILES string of the molecule is C=CCCC(=O)Nc1ccc2c(c1)CNCCO2.Cl.Cl. The molecule has 0 atom stereocenters. The predicted molar refractivity (Wildman–Crippen MR) is 86.2 cm³/mol.